The van der Waals surface area contributed by atoms with Gasteiger partial charge in [-0.1, -0.05) is 11.6 Å². The molecule has 2 aromatic carbocycles. The highest BCUT2D eigenvalue weighted by molar-refractivity contribution is 7.98. The second-order valence-electron chi connectivity index (χ2n) is 6.22. The Kier molecular flexibility index (Phi) is 6.54. The van der Waals surface area contributed by atoms with Crippen molar-refractivity contribution in [2.24, 2.45) is 0 Å². The van der Waals surface area contributed by atoms with Crippen LogP contribution in [0.5, 0.6) is 5.75 Å². The summed E-state index contributed by atoms with van der Waals surface area (Å²) in [6.07, 6.45) is 1.93. The molecule has 2 aromatic rings. The Balaban J connectivity index is 1.70. The normalized spacial score (nSPS) is 15.5. The molecule has 150 valence electrons. The summed E-state index contributed by atoms with van der Waals surface area (Å²) in [5.41, 5.74) is 0.444. The van der Waals surface area contributed by atoms with Crippen LogP contribution in [-0.2, 0) is 10.0 Å². The number of hydrogen-bond donors (Lipinski definition) is 0. The topological polar surface area (TPSA) is 66.9 Å². The molecule has 0 unspecified atom stereocenters. The Morgan fingerprint density at radius 1 is 1.07 bits per heavy atom. The number of methoxy groups -OCH3 is 1. The summed E-state index contributed by atoms with van der Waals surface area (Å²) in [6, 6.07) is 11.6. The zero-order chi connectivity index (χ0) is 20.3. The quantitative estimate of drug-likeness (QED) is 0.668. The van der Waals surface area contributed by atoms with Crippen molar-refractivity contribution in [3.05, 3.63) is 53.1 Å². The van der Waals surface area contributed by atoms with E-state index in [0.717, 1.165) is 4.90 Å². The van der Waals surface area contributed by atoms with Crippen LogP contribution < -0.4 is 4.74 Å². The highest BCUT2D eigenvalue weighted by Crippen LogP contribution is 2.26. The number of amides is 1. The molecular weight excluding hydrogens is 420 g/mol. The summed E-state index contributed by atoms with van der Waals surface area (Å²) in [4.78, 5) is 15.6. The monoisotopic (exact) mass is 440 g/mol. The van der Waals surface area contributed by atoms with E-state index in [1.807, 2.05) is 12.3 Å². The van der Waals surface area contributed by atoms with E-state index in [-0.39, 0.29) is 23.9 Å². The van der Waals surface area contributed by atoms with Crippen LogP contribution in [0.1, 0.15) is 10.4 Å². The zero-order valence-electron chi connectivity index (χ0n) is 15.6. The molecule has 28 heavy (non-hydrogen) atoms. The maximum absolute atomic E-state index is 12.8. The summed E-state index contributed by atoms with van der Waals surface area (Å²) in [5.74, 6) is 0.418. The second kappa shape index (κ2) is 8.73. The van der Waals surface area contributed by atoms with Gasteiger partial charge in [-0.3, -0.25) is 4.79 Å². The maximum Gasteiger partial charge on any atom is 0.255 e. The van der Waals surface area contributed by atoms with Crippen LogP contribution in [0.2, 0.25) is 5.02 Å². The molecule has 1 saturated heterocycles. The fourth-order valence-electron chi connectivity index (χ4n) is 2.99. The first-order valence-corrected chi connectivity index (χ1v) is 11.7. The molecule has 0 N–H and O–H groups in total. The van der Waals surface area contributed by atoms with Gasteiger partial charge in [-0.2, -0.15) is 4.31 Å². The van der Waals surface area contributed by atoms with Crippen LogP contribution in [0.15, 0.2) is 52.3 Å². The Hall–Kier alpha value is -1.74. The van der Waals surface area contributed by atoms with E-state index in [1.165, 1.54) is 35.3 Å². The summed E-state index contributed by atoms with van der Waals surface area (Å²) in [7, 11) is -2.08. The molecule has 0 saturated carbocycles. The zero-order valence-corrected chi connectivity index (χ0v) is 18.0. The molecule has 1 heterocycles. The first-order chi connectivity index (χ1) is 13.4. The van der Waals surface area contributed by atoms with E-state index in [9.17, 15) is 13.2 Å². The number of benzene rings is 2. The number of hydrogen-bond acceptors (Lipinski definition) is 5. The third kappa shape index (κ3) is 4.30. The molecule has 6 nitrogen and oxygen atoms in total. The molecule has 1 fully saturated rings. The number of sulfonamides is 1. The van der Waals surface area contributed by atoms with Gasteiger partial charge >= 0.3 is 0 Å². The average molecular weight is 441 g/mol. The molecule has 0 atom stereocenters. The van der Waals surface area contributed by atoms with E-state index in [0.29, 0.717) is 29.4 Å². The summed E-state index contributed by atoms with van der Waals surface area (Å²) in [6.45, 7) is 1.10. The van der Waals surface area contributed by atoms with Gasteiger partial charge in [0, 0.05) is 31.1 Å². The first kappa shape index (κ1) is 21.0. The Morgan fingerprint density at radius 3 is 2.29 bits per heavy atom. The Labute approximate surface area is 174 Å². The molecule has 0 aliphatic carbocycles. The molecule has 1 amide bonds. The van der Waals surface area contributed by atoms with Crippen LogP contribution in [-0.4, -0.2) is 63.1 Å². The fourth-order valence-corrected chi connectivity index (χ4v) is 5.05. The smallest absolute Gasteiger partial charge is 0.255 e. The number of nitrogens with zero attached hydrogens (tertiary/aromatic N) is 2. The Morgan fingerprint density at radius 2 is 1.71 bits per heavy atom. The molecule has 1 aliphatic heterocycles. The minimum atomic E-state index is -3.61. The van der Waals surface area contributed by atoms with Gasteiger partial charge in [-0.05, 0) is 48.7 Å². The second-order valence-corrected chi connectivity index (χ2v) is 9.44. The maximum atomic E-state index is 12.8. The van der Waals surface area contributed by atoms with Gasteiger partial charge in [0.1, 0.15) is 5.75 Å². The van der Waals surface area contributed by atoms with Crippen LogP contribution in [0.4, 0.5) is 0 Å². The number of ether oxygens (including phenoxy) is 1. The number of piperazine rings is 1. The molecular formula is C19H21ClN2O4S2. The van der Waals surface area contributed by atoms with Crippen molar-refractivity contribution in [3.8, 4) is 5.75 Å². The minimum Gasteiger partial charge on any atom is -0.497 e. The van der Waals surface area contributed by atoms with Crippen molar-refractivity contribution in [1.82, 2.24) is 9.21 Å². The number of halogens is 1. The van der Waals surface area contributed by atoms with Gasteiger partial charge < -0.3 is 9.64 Å². The SMILES string of the molecule is COc1ccc(S(=O)(=O)N2CCN(C(=O)c3cc(SC)ccc3Cl)CC2)cc1. The van der Waals surface area contributed by atoms with Gasteiger partial charge in [0.05, 0.1) is 22.6 Å². The fraction of sp³-hybridized carbons (Fsp3) is 0.316. The van der Waals surface area contributed by atoms with E-state index in [2.05, 4.69) is 0 Å². The lowest BCUT2D eigenvalue weighted by Gasteiger charge is -2.34. The van der Waals surface area contributed by atoms with Crippen LogP contribution >= 0.6 is 23.4 Å². The molecule has 0 bridgehead atoms. The van der Waals surface area contributed by atoms with Crippen molar-refractivity contribution < 1.29 is 17.9 Å². The molecule has 0 aromatic heterocycles. The lowest BCUT2D eigenvalue weighted by Crippen LogP contribution is -2.50. The number of rotatable bonds is 5. The summed E-state index contributed by atoms with van der Waals surface area (Å²) >= 11 is 7.73. The van der Waals surface area contributed by atoms with Gasteiger partial charge in [0.25, 0.3) is 5.91 Å². The van der Waals surface area contributed by atoms with E-state index in [4.69, 9.17) is 16.3 Å². The van der Waals surface area contributed by atoms with Gasteiger partial charge in [-0.15, -0.1) is 11.8 Å². The van der Waals surface area contributed by atoms with Crippen molar-refractivity contribution in [1.29, 1.82) is 0 Å². The molecule has 3 rings (SSSR count). The van der Waals surface area contributed by atoms with Crippen molar-refractivity contribution in [2.45, 2.75) is 9.79 Å². The third-order valence-corrected chi connectivity index (χ3v) is 7.59. The van der Waals surface area contributed by atoms with Crippen molar-refractivity contribution >= 4 is 39.3 Å². The third-order valence-electron chi connectivity index (χ3n) is 4.63. The van der Waals surface area contributed by atoms with Gasteiger partial charge in [0.15, 0.2) is 0 Å². The van der Waals surface area contributed by atoms with E-state index < -0.39 is 10.0 Å². The molecule has 0 radical (unpaired) electrons. The molecule has 9 heteroatoms. The summed E-state index contributed by atoms with van der Waals surface area (Å²) < 4.78 is 32.1. The molecule has 0 spiro atoms. The van der Waals surface area contributed by atoms with Gasteiger partial charge in [-0.25, -0.2) is 8.42 Å². The van der Waals surface area contributed by atoms with E-state index in [1.54, 1.807) is 29.2 Å². The van der Waals surface area contributed by atoms with Crippen molar-refractivity contribution in [3.63, 3.8) is 0 Å². The van der Waals surface area contributed by atoms with Crippen LogP contribution in [0, 0.1) is 0 Å². The Bertz CT molecular complexity index is 956. The average Bonchev–Trinajstić information content (AvgIpc) is 2.73. The van der Waals surface area contributed by atoms with Crippen molar-refractivity contribution in [2.75, 3.05) is 39.5 Å². The number of carbonyl (C=O) groups is 1. The predicted molar refractivity (Wildman–Crippen MR) is 111 cm³/mol. The minimum absolute atomic E-state index is 0.178. The van der Waals surface area contributed by atoms with E-state index >= 15 is 0 Å². The predicted octanol–water partition coefficient (Wildman–Crippen LogP) is 3.22. The largest absolute Gasteiger partial charge is 0.497 e. The standard InChI is InChI=1S/C19H21ClN2O4S2/c1-26-14-3-6-16(7-4-14)28(24,25)22-11-9-21(10-12-22)19(23)17-13-15(27-2)5-8-18(17)20/h3-8,13H,9-12H2,1-2H3. The highest BCUT2D eigenvalue weighted by Gasteiger charge is 2.31. The lowest BCUT2D eigenvalue weighted by molar-refractivity contribution is 0.0698. The lowest BCUT2D eigenvalue weighted by atomic mass is 10.2. The summed E-state index contributed by atoms with van der Waals surface area (Å²) in [5, 5.41) is 0.399. The molecule has 1 aliphatic rings. The van der Waals surface area contributed by atoms with Gasteiger partial charge in [0.2, 0.25) is 10.0 Å². The number of thioether (sulfide) groups is 1. The van der Waals surface area contributed by atoms with Crippen LogP contribution in [0.3, 0.4) is 0 Å². The highest BCUT2D eigenvalue weighted by atomic mass is 35.5. The van der Waals surface area contributed by atoms with Crippen LogP contribution in [0.25, 0.3) is 0 Å². The first-order valence-electron chi connectivity index (χ1n) is 8.64. The number of carbonyl (C=O) groups excluding carboxylic acids is 1.